The fourth-order valence-corrected chi connectivity index (χ4v) is 15.8. The number of phosphoric ester groups is 2. The Kier molecular flexibility index (Phi) is 98.4. The Morgan fingerprint density at radius 1 is 0.214 bits per heavy atom. The first kappa shape index (κ1) is 125. The highest BCUT2D eigenvalue weighted by Crippen LogP contribution is 2.45. The molecule has 0 saturated carbocycles. The molecular formula is C113H190O16P2. The number of aliphatic hydroxyl groups is 2. The standard InChI is InChI=1S/C113H190O16P2/c1-4-7-10-13-16-19-22-25-28-31-34-37-40-43-46-48-50-52-53-55-57-58-61-63-66-69-72-75-78-81-84-87-90-93-96-99-111(116)123-102-108(114)103-125-130(119,120)126-104-109(115)105-127-131(121,122)128-107-110(129-113(118)101-98-95-92-89-86-83-80-77-74-71-68-65-60-45-42-39-36-33-30-27-24-21-18-15-12-9-6-3)106-124-112(117)100-97-94-91-88-85-82-79-76-73-70-67-64-62-59-56-54-51-49-47-44-41-38-35-32-29-26-23-20-17-14-11-8-5-2/h7-12,16-21,25-30,34-39,43-47,51,54,60,68,71,108-110,114-115H,4-6,13-15,22-24,31-33,40-42,48-50,52-53,55-59,61-67,69-70,72-107H2,1-3H3,(H,119,120)(H,121,122)/b10-7-,11-8-,12-9-,19-16-,20-17-,21-18-,28-25-,29-26-,30-27-,37-34-,38-35-,39-36-,46-43-,47-44-,54-51-,60-45-,71-68-. The molecule has 0 aliphatic carbocycles. The predicted octanol–water partition coefficient (Wildman–Crippen LogP) is 33.5. The highest BCUT2D eigenvalue weighted by Gasteiger charge is 2.30. The molecule has 0 aromatic rings. The number of unbranched alkanes of at least 4 members (excludes halogenated alkanes) is 41. The number of aliphatic hydroxyl groups excluding tert-OH is 2. The van der Waals surface area contributed by atoms with Crippen LogP contribution in [0, 0.1) is 0 Å². The highest BCUT2D eigenvalue weighted by molar-refractivity contribution is 7.47. The first-order valence-electron chi connectivity index (χ1n) is 52.4. The fourth-order valence-electron chi connectivity index (χ4n) is 14.2. The van der Waals surface area contributed by atoms with Crippen LogP contribution in [-0.4, -0.2) is 95.9 Å². The Bertz CT molecular complexity index is 3210. The van der Waals surface area contributed by atoms with E-state index in [0.717, 1.165) is 205 Å². The molecule has 0 bridgehead atoms. The van der Waals surface area contributed by atoms with Crippen LogP contribution in [-0.2, 0) is 55.8 Å². The minimum Gasteiger partial charge on any atom is -0.463 e. The van der Waals surface area contributed by atoms with Gasteiger partial charge in [0.15, 0.2) is 6.10 Å². The highest BCUT2D eigenvalue weighted by atomic mass is 31.2. The van der Waals surface area contributed by atoms with Crippen LogP contribution in [0.15, 0.2) is 207 Å². The second kappa shape index (κ2) is 103. The van der Waals surface area contributed by atoms with Crippen LogP contribution >= 0.6 is 15.6 Å². The number of carbonyl (C=O) groups is 3. The molecule has 0 spiro atoms. The van der Waals surface area contributed by atoms with Crippen molar-refractivity contribution in [2.45, 2.75) is 450 Å². The lowest BCUT2D eigenvalue weighted by molar-refractivity contribution is -0.161. The Balaban J connectivity index is 4.60. The summed E-state index contributed by atoms with van der Waals surface area (Å²) in [5.41, 5.74) is 0. The summed E-state index contributed by atoms with van der Waals surface area (Å²) in [5, 5.41) is 20.8. The number of ether oxygens (including phenoxy) is 3. The second-order valence-electron chi connectivity index (χ2n) is 34.6. The van der Waals surface area contributed by atoms with Gasteiger partial charge in [-0.25, -0.2) is 9.13 Å². The first-order chi connectivity index (χ1) is 64.2. The number of allylic oxidation sites excluding steroid dienone is 34. The Morgan fingerprint density at radius 2 is 0.382 bits per heavy atom. The lowest BCUT2D eigenvalue weighted by Gasteiger charge is -2.21. The Hall–Kier alpha value is -5.87. The van der Waals surface area contributed by atoms with E-state index >= 15 is 0 Å². The minimum atomic E-state index is -4.95. The van der Waals surface area contributed by atoms with E-state index in [9.17, 15) is 43.5 Å². The number of hydrogen-bond acceptors (Lipinski definition) is 14. The summed E-state index contributed by atoms with van der Waals surface area (Å²) in [6.45, 7) is 2.39. The third-order valence-electron chi connectivity index (χ3n) is 22.0. The van der Waals surface area contributed by atoms with Crippen molar-refractivity contribution in [3.63, 3.8) is 0 Å². The fraction of sp³-hybridized carbons (Fsp3) is 0.673. The van der Waals surface area contributed by atoms with Crippen molar-refractivity contribution in [1.82, 2.24) is 0 Å². The van der Waals surface area contributed by atoms with Gasteiger partial charge in [-0.15, -0.1) is 0 Å². The summed E-state index contributed by atoms with van der Waals surface area (Å²) < 4.78 is 61.7. The quantitative estimate of drug-likeness (QED) is 0.0146. The minimum absolute atomic E-state index is 0.0889. The number of phosphoric acid groups is 2. The van der Waals surface area contributed by atoms with E-state index in [0.29, 0.717) is 19.3 Å². The van der Waals surface area contributed by atoms with Crippen LogP contribution in [0.4, 0.5) is 0 Å². The molecule has 131 heavy (non-hydrogen) atoms. The zero-order chi connectivity index (χ0) is 95.0. The molecule has 0 amide bonds. The molecule has 4 N–H and O–H groups in total. The molecule has 16 nitrogen and oxygen atoms in total. The molecule has 0 fully saturated rings. The van der Waals surface area contributed by atoms with Crippen LogP contribution in [0.25, 0.3) is 0 Å². The zero-order valence-electron chi connectivity index (χ0n) is 82.9. The summed E-state index contributed by atoms with van der Waals surface area (Å²) in [5.74, 6) is -1.57. The normalized spacial score (nSPS) is 14.5. The van der Waals surface area contributed by atoms with Crippen molar-refractivity contribution in [3.05, 3.63) is 207 Å². The molecule has 0 aliphatic rings. The van der Waals surface area contributed by atoms with Crippen LogP contribution in [0.3, 0.4) is 0 Å². The van der Waals surface area contributed by atoms with E-state index in [1.807, 2.05) is 0 Å². The Morgan fingerprint density at radius 3 is 0.603 bits per heavy atom. The number of carbonyl (C=O) groups excluding carboxylic acids is 3. The van der Waals surface area contributed by atoms with E-state index in [4.69, 9.17) is 32.3 Å². The zero-order valence-corrected chi connectivity index (χ0v) is 84.7. The lowest BCUT2D eigenvalue weighted by Crippen LogP contribution is -2.30. The molecule has 748 valence electrons. The number of rotatable bonds is 98. The molecule has 0 aliphatic heterocycles. The van der Waals surface area contributed by atoms with Gasteiger partial charge in [0, 0.05) is 19.3 Å². The summed E-state index contributed by atoms with van der Waals surface area (Å²) >= 11 is 0. The average Bonchev–Trinajstić information content (AvgIpc) is 0.899. The topological polar surface area (TPSA) is 231 Å². The molecule has 18 heteroatoms. The molecule has 0 heterocycles. The van der Waals surface area contributed by atoms with Crippen LogP contribution in [0.5, 0.6) is 0 Å². The third kappa shape index (κ3) is 104. The number of hydrogen-bond donors (Lipinski definition) is 4. The van der Waals surface area contributed by atoms with Crippen LogP contribution in [0.2, 0.25) is 0 Å². The van der Waals surface area contributed by atoms with E-state index < -0.39 is 91.5 Å². The van der Waals surface area contributed by atoms with Gasteiger partial charge in [0.05, 0.1) is 26.4 Å². The first-order valence-corrected chi connectivity index (χ1v) is 55.4. The summed E-state index contributed by atoms with van der Waals surface area (Å²) in [7, 11) is -9.83. The van der Waals surface area contributed by atoms with Crippen molar-refractivity contribution < 1.29 is 75.8 Å². The van der Waals surface area contributed by atoms with Gasteiger partial charge in [-0.2, -0.15) is 0 Å². The maximum Gasteiger partial charge on any atom is 0.472 e. The van der Waals surface area contributed by atoms with E-state index in [2.05, 4.69) is 227 Å². The van der Waals surface area contributed by atoms with Crippen LogP contribution < -0.4 is 0 Å². The van der Waals surface area contributed by atoms with Gasteiger partial charge in [-0.1, -0.05) is 452 Å². The molecule has 0 aromatic carbocycles. The van der Waals surface area contributed by atoms with Gasteiger partial charge in [-0.05, 0) is 167 Å². The summed E-state index contributed by atoms with van der Waals surface area (Å²) in [6, 6.07) is 0. The second-order valence-corrected chi connectivity index (χ2v) is 37.5. The molecule has 0 radical (unpaired) electrons. The monoisotopic (exact) mass is 1870 g/mol. The maximum atomic E-state index is 13.1. The molecular weight excluding hydrogens is 1680 g/mol. The summed E-state index contributed by atoms with van der Waals surface area (Å²) in [4.78, 5) is 59.3. The molecule has 5 atom stereocenters. The largest absolute Gasteiger partial charge is 0.472 e. The van der Waals surface area contributed by atoms with E-state index in [-0.39, 0.29) is 19.3 Å². The predicted molar refractivity (Wildman–Crippen MR) is 555 cm³/mol. The van der Waals surface area contributed by atoms with Gasteiger partial charge >= 0.3 is 33.6 Å². The van der Waals surface area contributed by atoms with Gasteiger partial charge in [0.25, 0.3) is 0 Å². The molecule has 0 rings (SSSR count). The van der Waals surface area contributed by atoms with Gasteiger partial charge in [-0.3, -0.25) is 32.5 Å². The Labute approximate surface area is 800 Å². The van der Waals surface area contributed by atoms with E-state index in [1.54, 1.807) is 0 Å². The van der Waals surface area contributed by atoms with Crippen molar-refractivity contribution in [1.29, 1.82) is 0 Å². The molecule has 0 aromatic heterocycles. The van der Waals surface area contributed by atoms with Gasteiger partial charge in [0.2, 0.25) is 0 Å². The SMILES string of the molecule is CC/C=C\C/C=C\C/C=C\C/C=C\C/C=C\C/C=C\CCCCCCCCCCCCCCCCC(=O)OCC(COP(=O)(O)OCC(O)COP(=O)(O)OCC(O)COC(=O)CCCCCCCCCCCCCCCCCCCCC/C=C\C/C=C\C/C=C\C/C=C\C/C=C\CC)OC(=O)CCCCCCCCCC/C=C\C/C=C\C/C=C\C/C=C\C/C=C\C/C=C\CC. The average molecular weight is 1870 g/mol. The van der Waals surface area contributed by atoms with Crippen molar-refractivity contribution in [2.24, 2.45) is 0 Å². The third-order valence-corrected chi connectivity index (χ3v) is 23.9. The summed E-state index contributed by atoms with van der Waals surface area (Å²) in [6.07, 6.45) is 140. The molecule has 0 saturated heterocycles. The maximum absolute atomic E-state index is 13.1. The smallest absolute Gasteiger partial charge is 0.463 e. The van der Waals surface area contributed by atoms with Crippen molar-refractivity contribution >= 4 is 33.6 Å². The van der Waals surface area contributed by atoms with Crippen molar-refractivity contribution in [2.75, 3.05) is 39.6 Å². The molecule has 5 unspecified atom stereocenters. The van der Waals surface area contributed by atoms with Gasteiger partial charge < -0.3 is 34.2 Å². The van der Waals surface area contributed by atoms with E-state index in [1.165, 1.54) is 167 Å². The van der Waals surface area contributed by atoms with Crippen molar-refractivity contribution in [3.8, 4) is 0 Å². The van der Waals surface area contributed by atoms with Gasteiger partial charge in [0.1, 0.15) is 25.4 Å². The lowest BCUT2D eigenvalue weighted by atomic mass is 10.0. The number of esters is 3. The van der Waals surface area contributed by atoms with Crippen LogP contribution in [0.1, 0.15) is 432 Å².